The van der Waals surface area contributed by atoms with Crippen molar-refractivity contribution in [2.45, 2.75) is 58.5 Å². The van der Waals surface area contributed by atoms with Gasteiger partial charge >= 0.3 is 0 Å². The zero-order valence-electron chi connectivity index (χ0n) is 23.4. The molecule has 1 atom stereocenters. The van der Waals surface area contributed by atoms with Gasteiger partial charge in [0.15, 0.2) is 0 Å². The number of hydrogen-bond donors (Lipinski definition) is 1. The number of aryl methyl sites for hydroxylation is 3. The van der Waals surface area contributed by atoms with Crippen molar-refractivity contribution in [3.8, 4) is 0 Å². The van der Waals surface area contributed by atoms with E-state index in [1.165, 1.54) is 17.0 Å². The predicted octanol–water partition coefficient (Wildman–Crippen LogP) is 6.06. The third-order valence-electron chi connectivity index (χ3n) is 6.60. The highest BCUT2D eigenvalue weighted by molar-refractivity contribution is 7.92. The SMILES string of the molecule is CCNC(=O)C(CC)N(Cc1ccc(Cl)cc1Cl)C(=O)CN(c1ccc(C)cc1C)S(=O)(=O)c1ccc(C)cc1. The van der Waals surface area contributed by atoms with Crippen LogP contribution in [0.25, 0.3) is 0 Å². The van der Waals surface area contributed by atoms with Gasteiger partial charge < -0.3 is 10.2 Å². The van der Waals surface area contributed by atoms with Gasteiger partial charge in [0, 0.05) is 23.1 Å². The first-order chi connectivity index (χ1) is 18.9. The van der Waals surface area contributed by atoms with Crippen molar-refractivity contribution in [2.24, 2.45) is 0 Å². The third kappa shape index (κ3) is 7.36. The molecule has 3 rings (SSSR count). The first-order valence-corrected chi connectivity index (χ1v) is 15.3. The number of benzene rings is 3. The molecule has 0 aliphatic carbocycles. The quantitative estimate of drug-likeness (QED) is 0.289. The normalized spacial score (nSPS) is 12.1. The molecule has 2 amide bonds. The molecule has 7 nitrogen and oxygen atoms in total. The number of halogens is 2. The third-order valence-corrected chi connectivity index (χ3v) is 8.96. The molecule has 1 unspecified atom stereocenters. The molecule has 0 saturated heterocycles. The van der Waals surface area contributed by atoms with Gasteiger partial charge in [-0.1, -0.05) is 71.6 Å². The fraction of sp³-hybridized carbons (Fsp3) is 0.333. The average Bonchev–Trinajstić information content (AvgIpc) is 2.89. The smallest absolute Gasteiger partial charge is 0.264 e. The van der Waals surface area contributed by atoms with Crippen LogP contribution in [0.1, 0.15) is 42.5 Å². The van der Waals surface area contributed by atoms with E-state index in [-0.39, 0.29) is 17.3 Å². The lowest BCUT2D eigenvalue weighted by atomic mass is 10.1. The molecule has 0 heterocycles. The Morgan fingerprint density at radius 3 is 2.12 bits per heavy atom. The molecule has 0 aliphatic heterocycles. The first kappa shape index (κ1) is 31.5. The van der Waals surface area contributed by atoms with Crippen LogP contribution in [0.15, 0.2) is 65.6 Å². The van der Waals surface area contributed by atoms with E-state index in [1.54, 1.807) is 63.2 Å². The zero-order chi connectivity index (χ0) is 29.6. The van der Waals surface area contributed by atoms with Gasteiger partial charge in [-0.2, -0.15) is 0 Å². The molecule has 3 aromatic rings. The Morgan fingerprint density at radius 2 is 1.55 bits per heavy atom. The Balaban J connectivity index is 2.11. The highest BCUT2D eigenvalue weighted by Gasteiger charge is 2.34. The minimum atomic E-state index is -4.14. The van der Waals surface area contributed by atoms with Crippen LogP contribution < -0.4 is 9.62 Å². The second kappa shape index (κ2) is 13.5. The second-order valence-corrected chi connectivity index (χ2v) is 12.4. The molecule has 0 spiro atoms. The summed E-state index contributed by atoms with van der Waals surface area (Å²) in [7, 11) is -4.14. The summed E-state index contributed by atoms with van der Waals surface area (Å²) in [6.07, 6.45) is 0.317. The van der Waals surface area contributed by atoms with E-state index < -0.39 is 28.5 Å². The summed E-state index contributed by atoms with van der Waals surface area (Å²) in [5.41, 5.74) is 3.54. The number of sulfonamides is 1. The predicted molar refractivity (Wildman–Crippen MR) is 161 cm³/mol. The first-order valence-electron chi connectivity index (χ1n) is 13.1. The number of nitrogens with one attached hydrogen (secondary N) is 1. The molecule has 0 radical (unpaired) electrons. The Labute approximate surface area is 247 Å². The molecule has 3 aromatic carbocycles. The minimum Gasteiger partial charge on any atom is -0.355 e. The summed E-state index contributed by atoms with van der Waals surface area (Å²) in [6.45, 7) is 9.05. The number of carbonyl (C=O) groups excluding carboxylic acids is 2. The summed E-state index contributed by atoms with van der Waals surface area (Å²) >= 11 is 12.5. The van der Waals surface area contributed by atoms with E-state index in [2.05, 4.69) is 5.32 Å². The van der Waals surface area contributed by atoms with Crippen LogP contribution in [0, 0.1) is 20.8 Å². The van der Waals surface area contributed by atoms with Crippen LogP contribution in [0.3, 0.4) is 0 Å². The van der Waals surface area contributed by atoms with Crippen LogP contribution in [0.4, 0.5) is 5.69 Å². The Kier molecular flexibility index (Phi) is 10.6. The summed E-state index contributed by atoms with van der Waals surface area (Å²) in [4.78, 5) is 28.6. The second-order valence-electron chi connectivity index (χ2n) is 9.69. The number of hydrogen-bond acceptors (Lipinski definition) is 4. The molecule has 0 saturated carbocycles. The van der Waals surface area contributed by atoms with Gasteiger partial charge in [-0.05, 0) is 75.6 Å². The van der Waals surface area contributed by atoms with Gasteiger partial charge in [0.1, 0.15) is 12.6 Å². The van der Waals surface area contributed by atoms with Crippen molar-refractivity contribution in [3.05, 3.63) is 93.0 Å². The molecule has 10 heteroatoms. The van der Waals surface area contributed by atoms with Crippen LogP contribution in [0.2, 0.25) is 10.0 Å². The maximum atomic E-state index is 14.1. The van der Waals surface area contributed by atoms with Gasteiger partial charge in [-0.3, -0.25) is 13.9 Å². The number of likely N-dealkylation sites (N-methyl/N-ethyl adjacent to an activating group) is 1. The van der Waals surface area contributed by atoms with E-state index >= 15 is 0 Å². The average molecular weight is 605 g/mol. The molecule has 40 heavy (non-hydrogen) atoms. The fourth-order valence-electron chi connectivity index (χ4n) is 4.48. The maximum absolute atomic E-state index is 14.1. The van der Waals surface area contributed by atoms with Crippen molar-refractivity contribution in [1.29, 1.82) is 0 Å². The standard InChI is InChI=1S/C30H35Cl2N3O4S/c1-6-27(30(37)33-7-2)34(18-23-11-12-24(31)17-26(23)32)29(36)19-35(28-15-10-21(4)16-22(28)5)40(38,39)25-13-8-20(3)9-14-25/h8-17,27H,6-7,18-19H2,1-5H3,(H,33,37). The van der Waals surface area contributed by atoms with Crippen LogP contribution in [0.5, 0.6) is 0 Å². The van der Waals surface area contributed by atoms with Crippen LogP contribution in [-0.2, 0) is 26.2 Å². The fourth-order valence-corrected chi connectivity index (χ4v) is 6.43. The highest BCUT2D eigenvalue weighted by Crippen LogP contribution is 2.29. The van der Waals surface area contributed by atoms with Crippen molar-refractivity contribution in [1.82, 2.24) is 10.2 Å². The van der Waals surface area contributed by atoms with E-state index in [1.807, 2.05) is 19.9 Å². The summed E-state index contributed by atoms with van der Waals surface area (Å²) in [6, 6.07) is 15.9. The largest absolute Gasteiger partial charge is 0.355 e. The van der Waals surface area contributed by atoms with E-state index in [0.717, 1.165) is 15.4 Å². The van der Waals surface area contributed by atoms with Gasteiger partial charge in [-0.15, -0.1) is 0 Å². The Hall–Kier alpha value is -3.07. The van der Waals surface area contributed by atoms with Crippen molar-refractivity contribution >= 4 is 50.7 Å². The van der Waals surface area contributed by atoms with Crippen LogP contribution in [-0.4, -0.2) is 44.3 Å². The molecule has 0 fully saturated rings. The number of nitrogens with zero attached hydrogens (tertiary/aromatic N) is 2. The number of carbonyl (C=O) groups is 2. The molecule has 1 N–H and O–H groups in total. The molecule has 0 aliphatic rings. The van der Waals surface area contributed by atoms with E-state index in [0.29, 0.717) is 39.8 Å². The molecule has 214 valence electrons. The molecule has 0 aromatic heterocycles. The van der Waals surface area contributed by atoms with Crippen molar-refractivity contribution < 1.29 is 18.0 Å². The van der Waals surface area contributed by atoms with E-state index in [9.17, 15) is 18.0 Å². The zero-order valence-corrected chi connectivity index (χ0v) is 25.7. The lowest BCUT2D eigenvalue weighted by molar-refractivity contribution is -0.140. The highest BCUT2D eigenvalue weighted by atomic mass is 35.5. The van der Waals surface area contributed by atoms with Gasteiger partial charge in [0.2, 0.25) is 11.8 Å². The summed E-state index contributed by atoms with van der Waals surface area (Å²) < 4.78 is 29.1. The minimum absolute atomic E-state index is 0.00419. The molecular formula is C30H35Cl2N3O4S. The van der Waals surface area contributed by atoms with Crippen molar-refractivity contribution in [2.75, 3.05) is 17.4 Å². The molecule has 0 bridgehead atoms. The number of anilines is 1. The summed E-state index contributed by atoms with van der Waals surface area (Å²) in [5.74, 6) is -0.873. The Morgan fingerprint density at radius 1 is 0.900 bits per heavy atom. The lowest BCUT2D eigenvalue weighted by Gasteiger charge is -2.33. The topological polar surface area (TPSA) is 86.8 Å². The molecular weight excluding hydrogens is 569 g/mol. The monoisotopic (exact) mass is 603 g/mol. The lowest BCUT2D eigenvalue weighted by Crippen LogP contribution is -2.52. The van der Waals surface area contributed by atoms with Gasteiger partial charge in [0.05, 0.1) is 10.6 Å². The summed E-state index contributed by atoms with van der Waals surface area (Å²) in [5, 5.41) is 3.56. The van der Waals surface area contributed by atoms with E-state index in [4.69, 9.17) is 23.2 Å². The van der Waals surface area contributed by atoms with Crippen LogP contribution >= 0.6 is 23.2 Å². The van der Waals surface area contributed by atoms with Gasteiger partial charge in [-0.25, -0.2) is 8.42 Å². The number of amides is 2. The number of rotatable bonds is 11. The van der Waals surface area contributed by atoms with Crippen molar-refractivity contribution in [3.63, 3.8) is 0 Å². The van der Waals surface area contributed by atoms with Gasteiger partial charge in [0.25, 0.3) is 10.0 Å². The maximum Gasteiger partial charge on any atom is 0.264 e. The Bertz CT molecular complexity index is 1480.